The first-order valence-corrected chi connectivity index (χ1v) is 4.67. The van der Waals surface area contributed by atoms with Gasteiger partial charge in [0.1, 0.15) is 5.82 Å². The molecule has 1 aromatic carbocycles. The summed E-state index contributed by atoms with van der Waals surface area (Å²) in [5, 5.41) is 4.03. The Balaban J connectivity index is 0.00000128. The third-order valence-corrected chi connectivity index (χ3v) is 2.39. The van der Waals surface area contributed by atoms with E-state index >= 15 is 0 Å². The van der Waals surface area contributed by atoms with Crippen LogP contribution in [0.15, 0.2) is 36.5 Å². The molecular weight excluding hydrogens is 229 g/mol. The Kier molecular flexibility index (Phi) is 4.04. The molecule has 0 saturated heterocycles. The van der Waals surface area contributed by atoms with Crippen LogP contribution in [-0.2, 0) is 7.05 Å². The SMILES string of the molecule is Cl.Cn1nccc1C(N)c1cccc(F)c1. The topological polar surface area (TPSA) is 43.8 Å². The smallest absolute Gasteiger partial charge is 0.123 e. The largest absolute Gasteiger partial charge is 0.319 e. The summed E-state index contributed by atoms with van der Waals surface area (Å²) >= 11 is 0. The standard InChI is InChI=1S/C11H12FN3.ClH/c1-15-10(5-6-14-15)11(13)8-3-2-4-9(12)7-8;/h2-7,11H,13H2,1H3;1H. The van der Waals surface area contributed by atoms with Crippen LogP contribution in [0.3, 0.4) is 0 Å². The Bertz CT molecular complexity index is 470. The number of halogens is 2. The molecule has 0 spiro atoms. The van der Waals surface area contributed by atoms with E-state index in [9.17, 15) is 4.39 Å². The van der Waals surface area contributed by atoms with E-state index in [1.54, 1.807) is 23.0 Å². The average molecular weight is 242 g/mol. The molecule has 0 aliphatic rings. The van der Waals surface area contributed by atoms with E-state index in [1.165, 1.54) is 12.1 Å². The third-order valence-electron chi connectivity index (χ3n) is 2.39. The summed E-state index contributed by atoms with van der Waals surface area (Å²) in [5.41, 5.74) is 7.61. The average Bonchev–Trinajstić information content (AvgIpc) is 2.63. The van der Waals surface area contributed by atoms with Crippen molar-refractivity contribution in [3.8, 4) is 0 Å². The van der Waals surface area contributed by atoms with Gasteiger partial charge in [-0.05, 0) is 23.8 Å². The molecule has 0 aliphatic heterocycles. The molecule has 86 valence electrons. The Hall–Kier alpha value is -1.39. The highest BCUT2D eigenvalue weighted by molar-refractivity contribution is 5.85. The summed E-state index contributed by atoms with van der Waals surface area (Å²) in [6, 6.07) is 7.79. The van der Waals surface area contributed by atoms with Gasteiger partial charge in [-0.1, -0.05) is 12.1 Å². The molecule has 3 nitrogen and oxygen atoms in total. The van der Waals surface area contributed by atoms with Crippen LogP contribution in [0, 0.1) is 5.82 Å². The lowest BCUT2D eigenvalue weighted by Gasteiger charge is -2.12. The maximum Gasteiger partial charge on any atom is 0.123 e. The number of hydrogen-bond donors (Lipinski definition) is 1. The van der Waals surface area contributed by atoms with Crippen LogP contribution in [-0.4, -0.2) is 9.78 Å². The minimum absolute atomic E-state index is 0. The zero-order chi connectivity index (χ0) is 10.8. The van der Waals surface area contributed by atoms with Gasteiger partial charge in [-0.15, -0.1) is 12.4 Å². The van der Waals surface area contributed by atoms with Crippen molar-refractivity contribution in [2.24, 2.45) is 12.8 Å². The van der Waals surface area contributed by atoms with Crippen molar-refractivity contribution in [1.82, 2.24) is 9.78 Å². The molecule has 0 radical (unpaired) electrons. The molecule has 5 heteroatoms. The van der Waals surface area contributed by atoms with E-state index in [2.05, 4.69) is 5.10 Å². The second-order valence-corrected chi connectivity index (χ2v) is 3.41. The van der Waals surface area contributed by atoms with Crippen LogP contribution in [0.5, 0.6) is 0 Å². The van der Waals surface area contributed by atoms with E-state index in [0.29, 0.717) is 0 Å². The Labute approximate surface area is 99.5 Å². The van der Waals surface area contributed by atoms with Crippen molar-refractivity contribution >= 4 is 12.4 Å². The van der Waals surface area contributed by atoms with Gasteiger partial charge >= 0.3 is 0 Å². The molecule has 0 amide bonds. The molecule has 2 rings (SSSR count). The van der Waals surface area contributed by atoms with E-state index in [4.69, 9.17) is 5.73 Å². The van der Waals surface area contributed by atoms with Crippen LogP contribution in [0.1, 0.15) is 17.3 Å². The Morgan fingerprint density at radius 1 is 1.38 bits per heavy atom. The highest BCUT2D eigenvalue weighted by atomic mass is 35.5. The normalized spacial score (nSPS) is 11.9. The second kappa shape index (κ2) is 5.09. The van der Waals surface area contributed by atoms with Crippen molar-refractivity contribution in [2.45, 2.75) is 6.04 Å². The molecule has 1 atom stereocenters. The number of aryl methyl sites for hydroxylation is 1. The maximum absolute atomic E-state index is 13.0. The quantitative estimate of drug-likeness (QED) is 0.874. The predicted octanol–water partition coefficient (Wildman–Crippen LogP) is 2.03. The van der Waals surface area contributed by atoms with Gasteiger partial charge in [0.05, 0.1) is 11.7 Å². The minimum atomic E-state index is -0.340. The lowest BCUT2D eigenvalue weighted by Crippen LogP contribution is -2.15. The molecule has 2 aromatic rings. The maximum atomic E-state index is 13.0. The number of benzene rings is 1. The van der Waals surface area contributed by atoms with E-state index in [-0.39, 0.29) is 24.3 Å². The van der Waals surface area contributed by atoms with Crippen molar-refractivity contribution in [2.75, 3.05) is 0 Å². The lowest BCUT2D eigenvalue weighted by molar-refractivity contribution is 0.619. The molecule has 0 saturated carbocycles. The molecule has 1 unspecified atom stereocenters. The fourth-order valence-corrected chi connectivity index (χ4v) is 1.56. The molecule has 16 heavy (non-hydrogen) atoms. The van der Waals surface area contributed by atoms with E-state index in [0.717, 1.165) is 11.3 Å². The van der Waals surface area contributed by atoms with Gasteiger partial charge in [0, 0.05) is 13.2 Å². The molecule has 1 heterocycles. The molecule has 0 aliphatic carbocycles. The lowest BCUT2D eigenvalue weighted by atomic mass is 10.0. The predicted molar refractivity (Wildman–Crippen MR) is 62.9 cm³/mol. The van der Waals surface area contributed by atoms with E-state index < -0.39 is 0 Å². The number of nitrogens with two attached hydrogens (primary N) is 1. The van der Waals surface area contributed by atoms with Crippen LogP contribution in [0.2, 0.25) is 0 Å². The van der Waals surface area contributed by atoms with Crippen molar-refractivity contribution in [1.29, 1.82) is 0 Å². The van der Waals surface area contributed by atoms with Gasteiger partial charge in [-0.3, -0.25) is 4.68 Å². The monoisotopic (exact) mass is 241 g/mol. The fraction of sp³-hybridized carbons (Fsp3) is 0.182. The second-order valence-electron chi connectivity index (χ2n) is 3.41. The summed E-state index contributed by atoms with van der Waals surface area (Å²) in [7, 11) is 1.81. The van der Waals surface area contributed by atoms with Crippen molar-refractivity contribution in [3.05, 3.63) is 53.6 Å². The van der Waals surface area contributed by atoms with Gasteiger partial charge in [0.25, 0.3) is 0 Å². The van der Waals surface area contributed by atoms with Crippen LogP contribution >= 0.6 is 12.4 Å². The highest BCUT2D eigenvalue weighted by Gasteiger charge is 2.12. The fourth-order valence-electron chi connectivity index (χ4n) is 1.56. The van der Waals surface area contributed by atoms with Crippen LogP contribution < -0.4 is 5.73 Å². The minimum Gasteiger partial charge on any atom is -0.319 e. The first-order valence-electron chi connectivity index (χ1n) is 4.67. The molecule has 2 N–H and O–H groups in total. The summed E-state index contributed by atoms with van der Waals surface area (Å²) in [4.78, 5) is 0. The Morgan fingerprint density at radius 2 is 2.12 bits per heavy atom. The van der Waals surface area contributed by atoms with Crippen LogP contribution in [0.25, 0.3) is 0 Å². The Morgan fingerprint density at radius 3 is 2.69 bits per heavy atom. The number of nitrogens with zero attached hydrogens (tertiary/aromatic N) is 2. The van der Waals surface area contributed by atoms with Gasteiger partial charge < -0.3 is 5.73 Å². The molecular formula is C11H13ClFN3. The molecule has 0 bridgehead atoms. The van der Waals surface area contributed by atoms with Gasteiger partial charge in [0.2, 0.25) is 0 Å². The van der Waals surface area contributed by atoms with Crippen molar-refractivity contribution < 1.29 is 4.39 Å². The first kappa shape index (κ1) is 12.7. The van der Waals surface area contributed by atoms with Crippen molar-refractivity contribution in [3.63, 3.8) is 0 Å². The summed E-state index contributed by atoms with van der Waals surface area (Å²) in [5.74, 6) is -0.273. The summed E-state index contributed by atoms with van der Waals surface area (Å²) in [6.07, 6.45) is 1.68. The van der Waals surface area contributed by atoms with Gasteiger partial charge in [-0.25, -0.2) is 4.39 Å². The molecule has 1 aromatic heterocycles. The zero-order valence-corrected chi connectivity index (χ0v) is 9.62. The molecule has 0 fully saturated rings. The summed E-state index contributed by atoms with van der Waals surface area (Å²) in [6.45, 7) is 0. The van der Waals surface area contributed by atoms with Crippen LogP contribution in [0.4, 0.5) is 4.39 Å². The highest BCUT2D eigenvalue weighted by Crippen LogP contribution is 2.18. The third kappa shape index (κ3) is 2.40. The zero-order valence-electron chi connectivity index (χ0n) is 8.80. The number of aromatic nitrogens is 2. The number of hydrogen-bond acceptors (Lipinski definition) is 2. The first-order chi connectivity index (χ1) is 7.18. The summed E-state index contributed by atoms with van der Waals surface area (Å²) < 4.78 is 14.7. The number of rotatable bonds is 2. The van der Waals surface area contributed by atoms with Gasteiger partial charge in [-0.2, -0.15) is 5.10 Å². The van der Waals surface area contributed by atoms with E-state index in [1.807, 2.05) is 13.1 Å². The van der Waals surface area contributed by atoms with Gasteiger partial charge in [0.15, 0.2) is 0 Å².